The molecule has 0 bridgehead atoms. The molecule has 1 atom stereocenters. The van der Waals surface area contributed by atoms with E-state index in [4.69, 9.17) is 16.3 Å². The van der Waals surface area contributed by atoms with Crippen LogP contribution in [0.4, 0.5) is 0 Å². The summed E-state index contributed by atoms with van der Waals surface area (Å²) in [6.07, 6.45) is 4.61. The van der Waals surface area contributed by atoms with Crippen LogP contribution < -0.4 is 5.09 Å². The Labute approximate surface area is 89.6 Å². The summed E-state index contributed by atoms with van der Waals surface area (Å²) in [6, 6.07) is 0. The topological polar surface area (TPSA) is 33.6 Å². The molecule has 13 heavy (non-hydrogen) atoms. The molecule has 0 aliphatic heterocycles. The first-order valence-corrected chi connectivity index (χ1v) is 8.80. The Morgan fingerprint density at radius 2 is 2.31 bits per heavy atom. The van der Waals surface area contributed by atoms with Crippen molar-refractivity contribution in [3.63, 3.8) is 0 Å². The fourth-order valence-electron chi connectivity index (χ4n) is 0.557. The van der Waals surface area contributed by atoms with Crippen LogP contribution in [0.15, 0.2) is 4.99 Å². The summed E-state index contributed by atoms with van der Waals surface area (Å²) >= 11 is 6.90. The maximum Gasteiger partial charge on any atom is 0.210 e. The van der Waals surface area contributed by atoms with Crippen LogP contribution in [0.2, 0.25) is 0 Å². The van der Waals surface area contributed by atoms with Crippen molar-refractivity contribution in [2.24, 2.45) is 4.99 Å². The van der Waals surface area contributed by atoms with Crippen molar-refractivity contribution in [2.75, 3.05) is 19.4 Å². The average molecular weight is 240 g/mol. The van der Waals surface area contributed by atoms with Crippen LogP contribution in [-0.4, -0.2) is 25.7 Å². The predicted molar refractivity (Wildman–Crippen MR) is 66.2 cm³/mol. The SMILES string of the molecule is CCCOP(=S)(NC=NCC)SC. The van der Waals surface area contributed by atoms with Crippen molar-refractivity contribution >= 4 is 35.1 Å². The standard InChI is InChI=1S/C7H17N2OPS2/c1-4-6-10-11(12,13-3)9-7-8-5-2/h7H,4-6H2,1-3H3,(H,8,9,12). The Bertz CT molecular complexity index is 199. The molecule has 0 aromatic carbocycles. The molecule has 0 fully saturated rings. The number of aliphatic imine (C=N–C) groups is 1. The first-order chi connectivity index (χ1) is 6.18. The lowest BCUT2D eigenvalue weighted by Gasteiger charge is -2.18. The summed E-state index contributed by atoms with van der Waals surface area (Å²) in [4.78, 5) is 4.04. The van der Waals surface area contributed by atoms with Crippen molar-refractivity contribution in [1.29, 1.82) is 0 Å². The normalized spacial score (nSPS) is 15.9. The van der Waals surface area contributed by atoms with Gasteiger partial charge in [0.05, 0.1) is 12.9 Å². The molecule has 0 spiro atoms. The molecular formula is C7H17N2OPS2. The quantitative estimate of drug-likeness (QED) is 0.421. The zero-order valence-corrected chi connectivity index (χ0v) is 10.8. The minimum absolute atomic E-state index is 0.713. The maximum absolute atomic E-state index is 5.56. The number of hydrogen-bond donors (Lipinski definition) is 1. The highest BCUT2D eigenvalue weighted by Gasteiger charge is 2.13. The Morgan fingerprint density at radius 3 is 2.77 bits per heavy atom. The maximum atomic E-state index is 5.56. The molecule has 0 saturated carbocycles. The van der Waals surface area contributed by atoms with Crippen molar-refractivity contribution < 1.29 is 4.52 Å². The lowest BCUT2D eigenvalue weighted by atomic mass is 10.5. The van der Waals surface area contributed by atoms with Crippen LogP contribution >= 0.6 is 17.0 Å². The molecule has 6 heteroatoms. The number of nitrogens with one attached hydrogen (secondary N) is 1. The molecule has 0 aliphatic carbocycles. The molecule has 0 amide bonds. The fourth-order valence-corrected chi connectivity index (χ4v) is 2.85. The molecule has 3 nitrogen and oxygen atoms in total. The monoisotopic (exact) mass is 240 g/mol. The minimum Gasteiger partial charge on any atom is -0.326 e. The molecule has 0 aliphatic rings. The van der Waals surface area contributed by atoms with Crippen molar-refractivity contribution in [3.05, 3.63) is 0 Å². The summed E-state index contributed by atoms with van der Waals surface area (Å²) in [5.74, 6) is 0. The lowest BCUT2D eigenvalue weighted by molar-refractivity contribution is 0.356. The van der Waals surface area contributed by atoms with Gasteiger partial charge in [0.2, 0.25) is 5.62 Å². The van der Waals surface area contributed by atoms with Crippen molar-refractivity contribution in [2.45, 2.75) is 20.3 Å². The molecule has 1 N–H and O–H groups in total. The van der Waals surface area contributed by atoms with Gasteiger partial charge < -0.3 is 9.61 Å². The van der Waals surface area contributed by atoms with Gasteiger partial charge in [-0.3, -0.25) is 4.99 Å². The second-order valence-electron chi connectivity index (χ2n) is 2.27. The Hall–Kier alpha value is 0.430. The van der Waals surface area contributed by atoms with E-state index in [1.807, 2.05) is 13.2 Å². The summed E-state index contributed by atoms with van der Waals surface area (Å²) in [6.45, 7) is 5.53. The molecule has 0 aromatic rings. The molecule has 0 rings (SSSR count). The lowest BCUT2D eigenvalue weighted by Crippen LogP contribution is -2.08. The summed E-state index contributed by atoms with van der Waals surface area (Å²) in [5.41, 5.74) is -1.90. The molecule has 0 heterocycles. The second-order valence-corrected chi connectivity index (χ2v) is 9.02. The molecular weight excluding hydrogens is 223 g/mol. The second kappa shape index (κ2) is 7.80. The molecule has 0 radical (unpaired) electrons. The van der Waals surface area contributed by atoms with Gasteiger partial charge in [-0.15, -0.1) is 0 Å². The fraction of sp³-hybridized carbons (Fsp3) is 0.857. The van der Waals surface area contributed by atoms with Gasteiger partial charge in [0.15, 0.2) is 0 Å². The van der Waals surface area contributed by atoms with E-state index in [0.717, 1.165) is 13.0 Å². The molecule has 78 valence electrons. The van der Waals surface area contributed by atoms with Gasteiger partial charge in [-0.2, -0.15) is 0 Å². The Balaban J connectivity index is 3.96. The van der Waals surface area contributed by atoms with E-state index in [2.05, 4.69) is 17.0 Å². The van der Waals surface area contributed by atoms with Crippen LogP contribution in [0.25, 0.3) is 0 Å². The zero-order chi connectivity index (χ0) is 10.2. The third-order valence-corrected chi connectivity index (χ3v) is 6.68. The van der Waals surface area contributed by atoms with Crippen LogP contribution in [0.3, 0.4) is 0 Å². The predicted octanol–water partition coefficient (Wildman–Crippen LogP) is 2.64. The largest absolute Gasteiger partial charge is 0.326 e. The summed E-state index contributed by atoms with van der Waals surface area (Å²) < 4.78 is 5.56. The number of rotatable bonds is 7. The Kier molecular flexibility index (Phi) is 8.06. The van der Waals surface area contributed by atoms with Crippen LogP contribution in [-0.2, 0) is 16.3 Å². The third kappa shape index (κ3) is 6.49. The van der Waals surface area contributed by atoms with Crippen LogP contribution in [0.1, 0.15) is 20.3 Å². The van der Waals surface area contributed by atoms with Gasteiger partial charge in [0.1, 0.15) is 0 Å². The van der Waals surface area contributed by atoms with E-state index >= 15 is 0 Å². The number of hydrogen-bond acceptors (Lipinski definition) is 4. The molecule has 1 unspecified atom stereocenters. The van der Waals surface area contributed by atoms with Crippen molar-refractivity contribution in [3.8, 4) is 0 Å². The average Bonchev–Trinajstić information content (AvgIpc) is 2.15. The third-order valence-electron chi connectivity index (χ3n) is 1.20. The van der Waals surface area contributed by atoms with Crippen molar-refractivity contribution in [1.82, 2.24) is 5.09 Å². The van der Waals surface area contributed by atoms with Gasteiger partial charge >= 0.3 is 0 Å². The van der Waals surface area contributed by atoms with Gasteiger partial charge in [0.25, 0.3) is 0 Å². The van der Waals surface area contributed by atoms with Gasteiger partial charge in [-0.1, -0.05) is 18.3 Å². The summed E-state index contributed by atoms with van der Waals surface area (Å²) in [5, 5.41) is 3.06. The highest BCUT2D eigenvalue weighted by Crippen LogP contribution is 2.54. The van der Waals surface area contributed by atoms with E-state index in [-0.39, 0.29) is 0 Å². The Morgan fingerprint density at radius 1 is 1.62 bits per heavy atom. The first-order valence-electron chi connectivity index (χ1n) is 4.25. The van der Waals surface area contributed by atoms with Gasteiger partial charge in [0, 0.05) is 6.54 Å². The molecule has 0 saturated heterocycles. The highest BCUT2D eigenvalue weighted by molar-refractivity contribution is 8.68. The highest BCUT2D eigenvalue weighted by atomic mass is 32.9. The van der Waals surface area contributed by atoms with Gasteiger partial charge in [-0.05, 0) is 31.4 Å². The first kappa shape index (κ1) is 13.4. The van der Waals surface area contributed by atoms with Crippen LogP contribution in [0, 0.1) is 0 Å². The van der Waals surface area contributed by atoms with E-state index in [1.165, 1.54) is 0 Å². The smallest absolute Gasteiger partial charge is 0.210 e. The van der Waals surface area contributed by atoms with E-state index in [0.29, 0.717) is 6.61 Å². The van der Waals surface area contributed by atoms with Crippen LogP contribution in [0.5, 0.6) is 0 Å². The summed E-state index contributed by atoms with van der Waals surface area (Å²) in [7, 11) is 0. The minimum atomic E-state index is -1.90. The number of nitrogens with zero attached hydrogens (tertiary/aromatic N) is 1. The van der Waals surface area contributed by atoms with E-state index in [1.54, 1.807) is 17.7 Å². The van der Waals surface area contributed by atoms with Gasteiger partial charge in [-0.25, -0.2) is 0 Å². The van der Waals surface area contributed by atoms with E-state index < -0.39 is 5.62 Å². The molecule has 0 aromatic heterocycles. The van der Waals surface area contributed by atoms with E-state index in [9.17, 15) is 0 Å². The zero-order valence-electron chi connectivity index (χ0n) is 8.32.